The van der Waals surface area contributed by atoms with Gasteiger partial charge in [0.1, 0.15) is 12.1 Å². The molecule has 0 aliphatic heterocycles. The molecule has 1 aromatic carbocycles. The molecule has 2 aromatic heterocycles. The van der Waals surface area contributed by atoms with Crippen molar-refractivity contribution in [3.05, 3.63) is 54.6 Å². The highest BCUT2D eigenvalue weighted by Crippen LogP contribution is 2.32. The summed E-state index contributed by atoms with van der Waals surface area (Å²) >= 11 is 0. The molecule has 0 saturated heterocycles. The standard InChI is InChI=1S/C21H25N5O2/c1-14(2)26(15(3)4)21(27)20-16(8-6-9-18(20)28-5)17-12-19(23-13-22-17)25-11-7-10-24-25/h6-15H,1-5H3. The number of ether oxygens (including phenoxy) is 1. The van der Waals surface area contributed by atoms with Crippen LogP contribution in [0.25, 0.3) is 17.1 Å². The minimum atomic E-state index is -0.0864. The number of benzene rings is 1. The first-order valence-electron chi connectivity index (χ1n) is 9.26. The molecule has 0 aliphatic carbocycles. The van der Waals surface area contributed by atoms with Crippen LogP contribution in [0.4, 0.5) is 0 Å². The third-order valence-corrected chi connectivity index (χ3v) is 4.47. The molecule has 0 saturated carbocycles. The summed E-state index contributed by atoms with van der Waals surface area (Å²) in [6.45, 7) is 8.03. The fourth-order valence-electron chi connectivity index (χ4n) is 3.35. The van der Waals surface area contributed by atoms with Crippen LogP contribution in [0.5, 0.6) is 5.75 Å². The minimum Gasteiger partial charge on any atom is -0.496 e. The molecule has 0 aliphatic rings. The number of nitrogens with zero attached hydrogens (tertiary/aromatic N) is 5. The first kappa shape index (κ1) is 19.5. The van der Waals surface area contributed by atoms with Crippen molar-refractivity contribution in [2.45, 2.75) is 39.8 Å². The zero-order valence-electron chi connectivity index (χ0n) is 16.8. The van der Waals surface area contributed by atoms with Crippen LogP contribution in [0.2, 0.25) is 0 Å². The third kappa shape index (κ3) is 3.74. The monoisotopic (exact) mass is 379 g/mol. The SMILES string of the molecule is COc1cccc(-c2cc(-n3cccn3)ncn2)c1C(=O)N(C(C)C)C(C)C. The van der Waals surface area contributed by atoms with Crippen LogP contribution in [0.3, 0.4) is 0 Å². The van der Waals surface area contributed by atoms with Crippen molar-refractivity contribution in [2.75, 3.05) is 7.11 Å². The van der Waals surface area contributed by atoms with Gasteiger partial charge in [-0.05, 0) is 39.8 Å². The molecule has 3 aromatic rings. The van der Waals surface area contributed by atoms with E-state index in [1.165, 1.54) is 6.33 Å². The van der Waals surface area contributed by atoms with Crippen molar-refractivity contribution in [1.29, 1.82) is 0 Å². The number of carbonyl (C=O) groups is 1. The van der Waals surface area contributed by atoms with E-state index in [1.807, 2.05) is 63.1 Å². The number of hydrogen-bond acceptors (Lipinski definition) is 5. The molecule has 0 radical (unpaired) electrons. The molecule has 7 nitrogen and oxygen atoms in total. The predicted molar refractivity (Wildman–Crippen MR) is 108 cm³/mol. The Labute approximate surface area is 165 Å². The molecule has 0 spiro atoms. The molecule has 2 heterocycles. The van der Waals surface area contributed by atoms with Crippen molar-refractivity contribution in [3.63, 3.8) is 0 Å². The van der Waals surface area contributed by atoms with Gasteiger partial charge in [0, 0.05) is 36.1 Å². The molecule has 28 heavy (non-hydrogen) atoms. The topological polar surface area (TPSA) is 73.1 Å². The Hall–Kier alpha value is -3.22. The van der Waals surface area contributed by atoms with Gasteiger partial charge in [-0.2, -0.15) is 5.10 Å². The summed E-state index contributed by atoms with van der Waals surface area (Å²) in [6, 6.07) is 9.27. The van der Waals surface area contributed by atoms with Crippen molar-refractivity contribution in [1.82, 2.24) is 24.6 Å². The lowest BCUT2D eigenvalue weighted by Gasteiger charge is -2.32. The maximum absolute atomic E-state index is 13.5. The zero-order chi connectivity index (χ0) is 20.3. The smallest absolute Gasteiger partial charge is 0.258 e. The van der Waals surface area contributed by atoms with Gasteiger partial charge in [0.2, 0.25) is 0 Å². The van der Waals surface area contributed by atoms with Crippen molar-refractivity contribution in [2.24, 2.45) is 0 Å². The number of carbonyl (C=O) groups excluding carboxylic acids is 1. The normalized spacial score (nSPS) is 11.1. The van der Waals surface area contributed by atoms with Gasteiger partial charge in [0.25, 0.3) is 5.91 Å². The lowest BCUT2D eigenvalue weighted by Crippen LogP contribution is -2.42. The average Bonchev–Trinajstić information content (AvgIpc) is 3.21. The van der Waals surface area contributed by atoms with Crippen LogP contribution in [0, 0.1) is 0 Å². The Balaban J connectivity index is 2.15. The average molecular weight is 379 g/mol. The van der Waals surface area contributed by atoms with Crippen molar-refractivity contribution in [3.8, 4) is 22.8 Å². The van der Waals surface area contributed by atoms with Gasteiger partial charge in [0.05, 0.1) is 18.4 Å². The van der Waals surface area contributed by atoms with Crippen LogP contribution in [0.1, 0.15) is 38.1 Å². The van der Waals surface area contributed by atoms with Gasteiger partial charge in [-0.25, -0.2) is 14.6 Å². The fourth-order valence-corrected chi connectivity index (χ4v) is 3.35. The highest BCUT2D eigenvalue weighted by atomic mass is 16.5. The van der Waals surface area contributed by atoms with E-state index in [0.717, 1.165) is 0 Å². The molecule has 146 valence electrons. The molecule has 0 N–H and O–H groups in total. The molecule has 7 heteroatoms. The maximum atomic E-state index is 13.5. The van der Waals surface area contributed by atoms with Crippen LogP contribution >= 0.6 is 0 Å². The summed E-state index contributed by atoms with van der Waals surface area (Å²) in [5.41, 5.74) is 1.83. The molecule has 1 amide bonds. The summed E-state index contributed by atoms with van der Waals surface area (Å²) in [5, 5.41) is 4.21. The summed E-state index contributed by atoms with van der Waals surface area (Å²) in [5.74, 6) is 1.06. The van der Waals surface area contributed by atoms with E-state index in [9.17, 15) is 4.79 Å². The van der Waals surface area contributed by atoms with Gasteiger partial charge in [-0.15, -0.1) is 0 Å². The Kier molecular flexibility index (Phi) is 5.73. The quantitative estimate of drug-likeness (QED) is 0.654. The summed E-state index contributed by atoms with van der Waals surface area (Å²) in [7, 11) is 1.57. The van der Waals surface area contributed by atoms with Crippen molar-refractivity contribution >= 4 is 5.91 Å². The number of hydrogen-bond donors (Lipinski definition) is 0. The molecular formula is C21H25N5O2. The van der Waals surface area contributed by atoms with E-state index in [0.29, 0.717) is 28.4 Å². The third-order valence-electron chi connectivity index (χ3n) is 4.47. The fraction of sp³-hybridized carbons (Fsp3) is 0.333. The van der Waals surface area contributed by atoms with E-state index in [4.69, 9.17) is 4.74 Å². The number of rotatable bonds is 6. The summed E-state index contributed by atoms with van der Waals surface area (Å²) < 4.78 is 7.19. The van der Waals surface area contributed by atoms with Gasteiger partial charge in [-0.3, -0.25) is 4.79 Å². The Morgan fingerprint density at radius 1 is 1.11 bits per heavy atom. The van der Waals surface area contributed by atoms with E-state index >= 15 is 0 Å². The molecule has 0 atom stereocenters. The van der Waals surface area contributed by atoms with Crippen molar-refractivity contribution < 1.29 is 9.53 Å². The molecule has 0 unspecified atom stereocenters. The highest BCUT2D eigenvalue weighted by Gasteiger charge is 2.27. The number of amides is 1. The lowest BCUT2D eigenvalue weighted by atomic mass is 10.0. The molecule has 3 rings (SSSR count). The van der Waals surface area contributed by atoms with Crippen LogP contribution < -0.4 is 4.74 Å². The Morgan fingerprint density at radius 3 is 2.46 bits per heavy atom. The second-order valence-electron chi connectivity index (χ2n) is 6.99. The van der Waals surface area contributed by atoms with Gasteiger partial charge in [0.15, 0.2) is 5.82 Å². The van der Waals surface area contributed by atoms with Gasteiger partial charge in [-0.1, -0.05) is 12.1 Å². The van der Waals surface area contributed by atoms with E-state index in [2.05, 4.69) is 15.1 Å². The first-order valence-corrected chi connectivity index (χ1v) is 9.26. The van der Waals surface area contributed by atoms with E-state index < -0.39 is 0 Å². The minimum absolute atomic E-state index is 0.0512. The largest absolute Gasteiger partial charge is 0.496 e. The summed E-state index contributed by atoms with van der Waals surface area (Å²) in [4.78, 5) is 24.0. The van der Waals surface area contributed by atoms with Crippen LogP contribution in [0.15, 0.2) is 49.1 Å². The molecular weight excluding hydrogens is 354 g/mol. The Bertz CT molecular complexity index is 943. The lowest BCUT2D eigenvalue weighted by molar-refractivity contribution is 0.0641. The van der Waals surface area contributed by atoms with Crippen LogP contribution in [-0.4, -0.2) is 49.7 Å². The second-order valence-corrected chi connectivity index (χ2v) is 6.99. The second kappa shape index (κ2) is 8.21. The molecule has 0 fully saturated rings. The summed E-state index contributed by atoms with van der Waals surface area (Å²) in [6.07, 6.45) is 4.97. The van der Waals surface area contributed by atoms with E-state index in [1.54, 1.807) is 24.1 Å². The number of aromatic nitrogens is 4. The number of methoxy groups -OCH3 is 1. The van der Waals surface area contributed by atoms with Gasteiger partial charge < -0.3 is 9.64 Å². The van der Waals surface area contributed by atoms with E-state index in [-0.39, 0.29) is 18.0 Å². The van der Waals surface area contributed by atoms with Crippen LogP contribution in [-0.2, 0) is 0 Å². The zero-order valence-corrected chi connectivity index (χ0v) is 16.8. The Morgan fingerprint density at radius 2 is 1.86 bits per heavy atom. The predicted octanol–water partition coefficient (Wildman–Crippen LogP) is 3.60. The highest BCUT2D eigenvalue weighted by molar-refractivity contribution is 6.03. The van der Waals surface area contributed by atoms with Gasteiger partial charge >= 0.3 is 0 Å². The maximum Gasteiger partial charge on any atom is 0.258 e. The first-order chi connectivity index (χ1) is 13.4. The molecule has 0 bridgehead atoms.